The number of hydrogen-bond donors (Lipinski definition) is 3. The highest BCUT2D eigenvalue weighted by molar-refractivity contribution is 6.34. The number of benzene rings is 1. The molecule has 3 N–H and O–H groups in total. The van der Waals surface area contributed by atoms with Crippen molar-refractivity contribution in [2.75, 3.05) is 18.5 Å². The molecule has 0 aliphatic heterocycles. The third-order valence-electron chi connectivity index (χ3n) is 1.93. The first kappa shape index (κ1) is 13.5. The van der Waals surface area contributed by atoms with Crippen LogP contribution in [-0.2, 0) is 4.79 Å². The number of amides is 2. The van der Waals surface area contributed by atoms with Gasteiger partial charge in [-0.1, -0.05) is 11.6 Å². The van der Waals surface area contributed by atoms with Crippen molar-refractivity contribution in [3.8, 4) is 0 Å². The Morgan fingerprint density at radius 1 is 1.41 bits per heavy atom. The van der Waals surface area contributed by atoms with Crippen molar-refractivity contribution in [2.24, 2.45) is 0 Å². The Kier molecular flexibility index (Phi) is 4.93. The Morgan fingerprint density at radius 3 is 2.71 bits per heavy atom. The SMILES string of the molecule is CC(=O)Nc1ccc(Cl)c(C(=O)NCCO)c1. The first-order chi connectivity index (χ1) is 8.04. The van der Waals surface area contributed by atoms with Gasteiger partial charge in [-0.05, 0) is 18.2 Å². The summed E-state index contributed by atoms with van der Waals surface area (Å²) in [5.74, 6) is -0.620. The van der Waals surface area contributed by atoms with Gasteiger partial charge in [0.05, 0.1) is 17.2 Å². The Bertz CT molecular complexity index is 435. The number of aliphatic hydroxyl groups excluding tert-OH is 1. The van der Waals surface area contributed by atoms with Crippen LogP contribution in [0.1, 0.15) is 17.3 Å². The number of rotatable bonds is 4. The standard InChI is InChI=1S/C11H13ClN2O3/c1-7(16)14-8-2-3-10(12)9(6-8)11(17)13-4-5-15/h2-3,6,15H,4-5H2,1H3,(H,13,17)(H,14,16). The third kappa shape index (κ3) is 4.05. The number of aliphatic hydroxyl groups is 1. The number of halogens is 1. The van der Waals surface area contributed by atoms with Crippen molar-refractivity contribution in [3.63, 3.8) is 0 Å². The molecule has 0 atom stereocenters. The number of nitrogens with one attached hydrogen (secondary N) is 2. The molecule has 0 fully saturated rings. The molecule has 0 heterocycles. The molecule has 0 aliphatic carbocycles. The van der Waals surface area contributed by atoms with E-state index in [0.717, 1.165) is 0 Å². The van der Waals surface area contributed by atoms with Crippen molar-refractivity contribution in [2.45, 2.75) is 6.92 Å². The van der Waals surface area contributed by atoms with Crippen LogP contribution in [-0.4, -0.2) is 30.1 Å². The lowest BCUT2D eigenvalue weighted by Crippen LogP contribution is -2.26. The summed E-state index contributed by atoms with van der Waals surface area (Å²) in [6, 6.07) is 4.61. The molecule has 1 rings (SSSR count). The summed E-state index contributed by atoms with van der Waals surface area (Å²) in [5.41, 5.74) is 0.752. The highest BCUT2D eigenvalue weighted by atomic mass is 35.5. The molecule has 1 aromatic rings. The molecule has 92 valence electrons. The van der Waals surface area contributed by atoms with E-state index in [1.165, 1.54) is 19.1 Å². The van der Waals surface area contributed by atoms with Gasteiger partial charge in [-0.3, -0.25) is 9.59 Å². The van der Waals surface area contributed by atoms with E-state index >= 15 is 0 Å². The third-order valence-corrected chi connectivity index (χ3v) is 2.26. The maximum absolute atomic E-state index is 11.6. The van der Waals surface area contributed by atoms with Crippen molar-refractivity contribution in [3.05, 3.63) is 28.8 Å². The molecule has 6 heteroatoms. The van der Waals surface area contributed by atoms with Gasteiger partial charge in [0.15, 0.2) is 0 Å². The lowest BCUT2D eigenvalue weighted by Gasteiger charge is -2.08. The van der Waals surface area contributed by atoms with Gasteiger partial charge in [-0.15, -0.1) is 0 Å². The van der Waals surface area contributed by atoms with Gasteiger partial charge in [-0.2, -0.15) is 0 Å². The van der Waals surface area contributed by atoms with Crippen molar-refractivity contribution in [1.29, 1.82) is 0 Å². The van der Waals surface area contributed by atoms with E-state index in [1.807, 2.05) is 0 Å². The van der Waals surface area contributed by atoms with Gasteiger partial charge in [0.25, 0.3) is 5.91 Å². The molecule has 0 spiro atoms. The first-order valence-electron chi connectivity index (χ1n) is 5.01. The second-order valence-corrected chi connectivity index (χ2v) is 3.76. The van der Waals surface area contributed by atoms with Crippen LogP contribution in [0.3, 0.4) is 0 Å². The molecule has 0 radical (unpaired) electrons. The monoisotopic (exact) mass is 256 g/mol. The van der Waals surface area contributed by atoms with Gasteiger partial charge in [-0.25, -0.2) is 0 Å². The fraction of sp³-hybridized carbons (Fsp3) is 0.273. The highest BCUT2D eigenvalue weighted by Crippen LogP contribution is 2.20. The molecular formula is C11H13ClN2O3. The minimum absolute atomic E-state index is 0.144. The summed E-state index contributed by atoms with van der Waals surface area (Å²) >= 11 is 5.87. The maximum atomic E-state index is 11.6. The Balaban J connectivity index is 2.89. The lowest BCUT2D eigenvalue weighted by molar-refractivity contribution is -0.114. The van der Waals surface area contributed by atoms with Gasteiger partial charge < -0.3 is 15.7 Å². The number of carbonyl (C=O) groups is 2. The van der Waals surface area contributed by atoms with Crippen LogP contribution >= 0.6 is 11.6 Å². The fourth-order valence-electron chi connectivity index (χ4n) is 1.24. The molecule has 0 aliphatic rings. The summed E-state index contributed by atoms with van der Waals surface area (Å²) < 4.78 is 0. The van der Waals surface area contributed by atoms with E-state index < -0.39 is 5.91 Å². The lowest BCUT2D eigenvalue weighted by atomic mass is 10.2. The predicted octanol–water partition coefficient (Wildman–Crippen LogP) is 1.02. The molecule has 5 nitrogen and oxygen atoms in total. The minimum Gasteiger partial charge on any atom is -0.395 e. The van der Waals surface area contributed by atoms with Crippen LogP contribution in [0.15, 0.2) is 18.2 Å². The number of anilines is 1. The summed E-state index contributed by atoms with van der Waals surface area (Å²) in [6.45, 7) is 1.38. The van der Waals surface area contributed by atoms with E-state index in [2.05, 4.69) is 10.6 Å². The first-order valence-corrected chi connectivity index (χ1v) is 5.38. The van der Waals surface area contributed by atoms with Crippen LogP contribution < -0.4 is 10.6 Å². The van der Waals surface area contributed by atoms with Crippen LogP contribution in [0.4, 0.5) is 5.69 Å². The van der Waals surface area contributed by atoms with Crippen LogP contribution in [0.25, 0.3) is 0 Å². The molecule has 2 amide bonds. The largest absolute Gasteiger partial charge is 0.395 e. The molecule has 0 unspecified atom stereocenters. The quantitative estimate of drug-likeness (QED) is 0.753. The zero-order valence-corrected chi connectivity index (χ0v) is 10.0. The normalized spacial score (nSPS) is 9.82. The Hall–Kier alpha value is -1.59. The van der Waals surface area contributed by atoms with Gasteiger partial charge >= 0.3 is 0 Å². The van der Waals surface area contributed by atoms with E-state index in [-0.39, 0.29) is 29.6 Å². The molecule has 0 aromatic heterocycles. The zero-order valence-electron chi connectivity index (χ0n) is 9.29. The van der Waals surface area contributed by atoms with Crippen molar-refractivity contribution in [1.82, 2.24) is 5.32 Å². The molecule has 0 saturated heterocycles. The highest BCUT2D eigenvalue weighted by Gasteiger charge is 2.10. The second-order valence-electron chi connectivity index (χ2n) is 3.36. The summed E-state index contributed by atoms with van der Waals surface area (Å²) in [5, 5.41) is 13.9. The topological polar surface area (TPSA) is 78.4 Å². The number of hydrogen-bond acceptors (Lipinski definition) is 3. The maximum Gasteiger partial charge on any atom is 0.252 e. The molecule has 0 bridgehead atoms. The van der Waals surface area contributed by atoms with E-state index in [0.29, 0.717) is 5.69 Å². The van der Waals surface area contributed by atoms with E-state index in [9.17, 15) is 9.59 Å². The van der Waals surface area contributed by atoms with Crippen LogP contribution in [0.2, 0.25) is 5.02 Å². The second kappa shape index (κ2) is 6.22. The average molecular weight is 257 g/mol. The minimum atomic E-state index is -0.392. The van der Waals surface area contributed by atoms with Crippen molar-refractivity contribution < 1.29 is 14.7 Å². The molecule has 0 saturated carbocycles. The fourth-order valence-corrected chi connectivity index (χ4v) is 1.45. The summed E-state index contributed by atoms with van der Waals surface area (Å²) in [4.78, 5) is 22.5. The van der Waals surface area contributed by atoms with Gasteiger partial charge in [0, 0.05) is 19.2 Å². The van der Waals surface area contributed by atoms with E-state index in [4.69, 9.17) is 16.7 Å². The molecular weight excluding hydrogens is 244 g/mol. The van der Waals surface area contributed by atoms with Gasteiger partial charge in [0.1, 0.15) is 0 Å². The average Bonchev–Trinajstić information content (AvgIpc) is 2.28. The zero-order chi connectivity index (χ0) is 12.8. The van der Waals surface area contributed by atoms with Gasteiger partial charge in [0.2, 0.25) is 5.91 Å². The van der Waals surface area contributed by atoms with Crippen molar-refractivity contribution >= 4 is 29.1 Å². The van der Waals surface area contributed by atoms with Crippen LogP contribution in [0.5, 0.6) is 0 Å². The Morgan fingerprint density at radius 2 is 2.12 bits per heavy atom. The van der Waals surface area contributed by atoms with Crippen LogP contribution in [0, 0.1) is 0 Å². The predicted molar refractivity (Wildman–Crippen MR) is 65.2 cm³/mol. The number of carbonyl (C=O) groups excluding carboxylic acids is 2. The summed E-state index contributed by atoms with van der Waals surface area (Å²) in [6.07, 6.45) is 0. The van der Waals surface area contributed by atoms with E-state index in [1.54, 1.807) is 6.07 Å². The molecule has 1 aromatic carbocycles. The Labute approximate surface area is 104 Å². The smallest absolute Gasteiger partial charge is 0.252 e. The summed E-state index contributed by atoms with van der Waals surface area (Å²) in [7, 11) is 0. The molecule has 17 heavy (non-hydrogen) atoms.